The van der Waals surface area contributed by atoms with E-state index in [0.29, 0.717) is 0 Å². The average molecular weight is 197 g/mol. The van der Waals surface area contributed by atoms with E-state index in [4.69, 9.17) is 0 Å². The second-order valence-electron chi connectivity index (χ2n) is 5.51. The highest BCUT2D eigenvalue weighted by atomic mass is 16.3. The first-order valence-electron chi connectivity index (χ1n) is 6.07. The lowest BCUT2D eigenvalue weighted by atomic mass is 9.80. The van der Waals surface area contributed by atoms with Crippen LogP contribution < -0.4 is 0 Å². The third-order valence-corrected chi connectivity index (χ3v) is 3.86. The van der Waals surface area contributed by atoms with Crippen LogP contribution in [0.25, 0.3) is 0 Å². The first kappa shape index (κ1) is 10.4. The van der Waals surface area contributed by atoms with Crippen LogP contribution in [0.4, 0.5) is 0 Å². The Bertz CT molecular complexity index is 185. The van der Waals surface area contributed by atoms with E-state index in [1.165, 1.54) is 19.3 Å². The molecule has 1 saturated heterocycles. The first-order valence-corrected chi connectivity index (χ1v) is 6.07. The van der Waals surface area contributed by atoms with Gasteiger partial charge in [0.1, 0.15) is 0 Å². The van der Waals surface area contributed by atoms with E-state index in [0.717, 1.165) is 37.4 Å². The summed E-state index contributed by atoms with van der Waals surface area (Å²) in [5, 5.41) is 9.52. The van der Waals surface area contributed by atoms with Gasteiger partial charge in [-0.1, -0.05) is 13.8 Å². The summed E-state index contributed by atoms with van der Waals surface area (Å²) in [7, 11) is 0. The van der Waals surface area contributed by atoms with Crippen LogP contribution in [0.1, 0.15) is 39.5 Å². The molecular weight excluding hydrogens is 174 g/mol. The molecule has 0 aromatic carbocycles. The van der Waals surface area contributed by atoms with Crippen LogP contribution in [-0.2, 0) is 0 Å². The number of rotatable bonds is 1. The van der Waals surface area contributed by atoms with Gasteiger partial charge in [0.05, 0.1) is 6.10 Å². The fourth-order valence-electron chi connectivity index (χ4n) is 3.30. The van der Waals surface area contributed by atoms with Gasteiger partial charge >= 0.3 is 0 Å². The van der Waals surface area contributed by atoms with Crippen molar-refractivity contribution in [3.8, 4) is 0 Å². The van der Waals surface area contributed by atoms with E-state index < -0.39 is 0 Å². The number of aliphatic hydroxyl groups is 1. The molecule has 1 saturated carbocycles. The zero-order valence-electron chi connectivity index (χ0n) is 9.45. The smallest absolute Gasteiger partial charge is 0.0679 e. The predicted octanol–water partition coefficient (Wildman–Crippen LogP) is 1.88. The highest BCUT2D eigenvalue weighted by molar-refractivity contribution is 4.86. The van der Waals surface area contributed by atoms with E-state index in [-0.39, 0.29) is 6.10 Å². The maximum Gasteiger partial charge on any atom is 0.0679 e. The molecule has 0 bridgehead atoms. The van der Waals surface area contributed by atoms with E-state index in [9.17, 15) is 5.11 Å². The molecule has 2 nitrogen and oxygen atoms in total. The highest BCUT2D eigenvalue weighted by Gasteiger charge is 2.32. The number of hydrogen-bond donors (Lipinski definition) is 1. The van der Waals surface area contributed by atoms with E-state index in [2.05, 4.69) is 18.7 Å². The lowest BCUT2D eigenvalue weighted by Gasteiger charge is -2.37. The SMILES string of the molecule is CC1CC(C)CC(N2CC[C@H](O)C2)C1. The van der Waals surface area contributed by atoms with Gasteiger partial charge in [0.15, 0.2) is 0 Å². The third kappa shape index (κ3) is 2.29. The molecule has 2 unspecified atom stereocenters. The molecule has 82 valence electrons. The topological polar surface area (TPSA) is 23.5 Å². The summed E-state index contributed by atoms with van der Waals surface area (Å²) >= 11 is 0. The molecule has 0 radical (unpaired) electrons. The number of β-amino-alcohol motifs (C(OH)–C–C–N with tert-alkyl or cyclic N) is 1. The van der Waals surface area contributed by atoms with Gasteiger partial charge in [-0.05, 0) is 37.5 Å². The summed E-state index contributed by atoms with van der Waals surface area (Å²) in [6, 6.07) is 0.755. The maximum atomic E-state index is 9.52. The van der Waals surface area contributed by atoms with Gasteiger partial charge in [-0.25, -0.2) is 0 Å². The van der Waals surface area contributed by atoms with Crippen LogP contribution in [-0.4, -0.2) is 35.2 Å². The average Bonchev–Trinajstić information content (AvgIpc) is 2.50. The van der Waals surface area contributed by atoms with E-state index in [1.54, 1.807) is 0 Å². The summed E-state index contributed by atoms with van der Waals surface area (Å²) in [4.78, 5) is 2.51. The van der Waals surface area contributed by atoms with Crippen molar-refractivity contribution in [2.45, 2.75) is 51.7 Å². The van der Waals surface area contributed by atoms with Crippen molar-refractivity contribution in [1.29, 1.82) is 0 Å². The molecule has 1 aliphatic heterocycles. The summed E-state index contributed by atoms with van der Waals surface area (Å²) in [6.45, 7) is 6.78. The molecule has 2 fully saturated rings. The van der Waals surface area contributed by atoms with Crippen LogP contribution in [0, 0.1) is 11.8 Å². The van der Waals surface area contributed by atoms with Gasteiger partial charge in [-0.15, -0.1) is 0 Å². The largest absolute Gasteiger partial charge is 0.392 e. The molecule has 2 rings (SSSR count). The van der Waals surface area contributed by atoms with E-state index in [1.807, 2.05) is 0 Å². The second-order valence-corrected chi connectivity index (χ2v) is 5.51. The van der Waals surface area contributed by atoms with Crippen molar-refractivity contribution in [3.63, 3.8) is 0 Å². The van der Waals surface area contributed by atoms with Gasteiger partial charge < -0.3 is 5.11 Å². The van der Waals surface area contributed by atoms with Crippen LogP contribution in [0.2, 0.25) is 0 Å². The highest BCUT2D eigenvalue weighted by Crippen LogP contribution is 2.32. The Balaban J connectivity index is 1.90. The first-order chi connectivity index (χ1) is 6.65. The fraction of sp³-hybridized carbons (Fsp3) is 1.00. The Morgan fingerprint density at radius 3 is 2.21 bits per heavy atom. The monoisotopic (exact) mass is 197 g/mol. The van der Waals surface area contributed by atoms with Gasteiger partial charge in [0.25, 0.3) is 0 Å². The fourth-order valence-corrected chi connectivity index (χ4v) is 3.30. The van der Waals surface area contributed by atoms with Gasteiger partial charge in [-0.3, -0.25) is 4.90 Å². The Labute approximate surface area is 87.3 Å². The van der Waals surface area contributed by atoms with Gasteiger partial charge in [-0.2, -0.15) is 0 Å². The normalized spacial score (nSPS) is 45.6. The molecule has 0 spiro atoms. The molecular formula is C12H23NO. The Hall–Kier alpha value is -0.0800. The molecule has 2 heteroatoms. The summed E-state index contributed by atoms with van der Waals surface area (Å²) in [5.41, 5.74) is 0. The van der Waals surface area contributed by atoms with E-state index >= 15 is 0 Å². The molecule has 1 aliphatic carbocycles. The number of hydrogen-bond acceptors (Lipinski definition) is 2. The minimum absolute atomic E-state index is 0.0532. The van der Waals surface area contributed by atoms with Gasteiger partial charge in [0, 0.05) is 19.1 Å². The molecule has 3 atom stereocenters. The number of aliphatic hydroxyl groups excluding tert-OH is 1. The lowest BCUT2D eigenvalue weighted by Crippen LogP contribution is -2.39. The molecule has 1 N–H and O–H groups in total. The van der Waals surface area contributed by atoms with Crippen molar-refractivity contribution >= 4 is 0 Å². The van der Waals surface area contributed by atoms with Crippen molar-refractivity contribution in [3.05, 3.63) is 0 Å². The zero-order valence-corrected chi connectivity index (χ0v) is 9.45. The number of nitrogens with zero attached hydrogens (tertiary/aromatic N) is 1. The summed E-state index contributed by atoms with van der Waals surface area (Å²) < 4.78 is 0. The Morgan fingerprint density at radius 2 is 1.71 bits per heavy atom. The summed E-state index contributed by atoms with van der Waals surface area (Å²) in [5.74, 6) is 1.75. The molecule has 0 amide bonds. The second kappa shape index (κ2) is 4.19. The Kier molecular flexibility index (Phi) is 3.13. The van der Waals surface area contributed by atoms with Crippen LogP contribution in [0.5, 0.6) is 0 Å². The standard InChI is InChI=1S/C12H23NO/c1-9-5-10(2)7-11(6-9)13-4-3-12(14)8-13/h9-12,14H,3-8H2,1-2H3/t9?,10?,11?,12-/m0/s1. The molecule has 1 heterocycles. The van der Waals surface area contributed by atoms with Crippen LogP contribution in [0.15, 0.2) is 0 Å². The Morgan fingerprint density at radius 1 is 1.07 bits per heavy atom. The van der Waals surface area contributed by atoms with Crippen molar-refractivity contribution in [2.75, 3.05) is 13.1 Å². The van der Waals surface area contributed by atoms with Crippen molar-refractivity contribution in [1.82, 2.24) is 4.90 Å². The quantitative estimate of drug-likeness (QED) is 0.694. The molecule has 0 aromatic rings. The van der Waals surface area contributed by atoms with Gasteiger partial charge in [0.2, 0.25) is 0 Å². The lowest BCUT2D eigenvalue weighted by molar-refractivity contribution is 0.110. The predicted molar refractivity (Wildman–Crippen MR) is 58.2 cm³/mol. The third-order valence-electron chi connectivity index (χ3n) is 3.86. The minimum atomic E-state index is -0.0532. The minimum Gasteiger partial charge on any atom is -0.392 e. The molecule has 14 heavy (non-hydrogen) atoms. The van der Waals surface area contributed by atoms with Crippen LogP contribution in [0.3, 0.4) is 0 Å². The maximum absolute atomic E-state index is 9.52. The molecule has 0 aromatic heterocycles. The van der Waals surface area contributed by atoms with Crippen molar-refractivity contribution in [2.24, 2.45) is 11.8 Å². The zero-order chi connectivity index (χ0) is 10.1. The molecule has 2 aliphatic rings. The van der Waals surface area contributed by atoms with Crippen molar-refractivity contribution < 1.29 is 5.11 Å². The number of likely N-dealkylation sites (tertiary alicyclic amines) is 1. The van der Waals surface area contributed by atoms with Crippen LogP contribution >= 0.6 is 0 Å². The summed E-state index contributed by atoms with van der Waals surface area (Å²) in [6.07, 6.45) is 5.02.